The quantitative estimate of drug-likeness (QED) is 0.346. The summed E-state index contributed by atoms with van der Waals surface area (Å²) < 4.78 is 0. The molecule has 0 saturated heterocycles. The molecule has 4 heteroatoms. The third-order valence-electron chi connectivity index (χ3n) is 1.30. The summed E-state index contributed by atoms with van der Waals surface area (Å²) in [5, 5.41) is 0.192. The average molecular weight is 159 g/mol. The van der Waals surface area contributed by atoms with Crippen molar-refractivity contribution in [3.05, 3.63) is 0 Å². The van der Waals surface area contributed by atoms with Gasteiger partial charge in [-0.3, -0.25) is 0 Å². The smallest absolute Gasteiger partial charge is 0.191 e. The van der Waals surface area contributed by atoms with Gasteiger partial charge in [0.05, 0.1) is 0 Å². The first-order chi connectivity index (χ1) is 4.57. The second-order valence-electron chi connectivity index (χ2n) is 2.01. The lowest BCUT2D eigenvalue weighted by Crippen LogP contribution is -2.25. The molecule has 0 aliphatic rings. The van der Waals surface area contributed by atoms with E-state index in [2.05, 4.69) is 17.2 Å². The van der Waals surface area contributed by atoms with Gasteiger partial charge in [-0.25, -0.2) is 4.99 Å². The van der Waals surface area contributed by atoms with Gasteiger partial charge in [0, 0.05) is 13.6 Å². The minimum Gasteiger partial charge on any atom is -0.374 e. The van der Waals surface area contributed by atoms with Crippen LogP contribution in [0.2, 0.25) is 0 Å². The van der Waals surface area contributed by atoms with Gasteiger partial charge >= 0.3 is 0 Å². The summed E-state index contributed by atoms with van der Waals surface area (Å²) in [6.07, 6.45) is 0. The molecular weight excluding hydrogens is 146 g/mol. The first-order valence-corrected chi connectivity index (χ1v) is 3.54. The van der Waals surface area contributed by atoms with Crippen molar-refractivity contribution in [1.29, 1.82) is 0 Å². The first-order valence-electron chi connectivity index (χ1n) is 3.13. The molecular formula is C6H13N3S. The number of aliphatic imine (C=N–C) groups is 1. The Bertz CT molecular complexity index is 153. The molecule has 3 nitrogen and oxygen atoms in total. The molecule has 0 rings (SSSR count). The van der Waals surface area contributed by atoms with Crippen molar-refractivity contribution >= 4 is 23.2 Å². The van der Waals surface area contributed by atoms with Crippen LogP contribution >= 0.6 is 12.2 Å². The maximum atomic E-state index is 5.20. The second kappa shape index (κ2) is 4.22. The second-order valence-corrected chi connectivity index (χ2v) is 2.43. The van der Waals surface area contributed by atoms with E-state index in [9.17, 15) is 0 Å². The van der Waals surface area contributed by atoms with Crippen molar-refractivity contribution in [1.82, 2.24) is 4.90 Å². The lowest BCUT2D eigenvalue weighted by Gasteiger charge is -2.14. The predicted molar refractivity (Wildman–Crippen MR) is 48.2 cm³/mol. The van der Waals surface area contributed by atoms with Crippen LogP contribution in [0.5, 0.6) is 0 Å². The molecule has 0 aliphatic carbocycles. The van der Waals surface area contributed by atoms with Gasteiger partial charge in [-0.15, -0.1) is 0 Å². The highest BCUT2D eigenvalue weighted by Gasteiger charge is 1.95. The summed E-state index contributed by atoms with van der Waals surface area (Å²) in [4.78, 5) is 5.87. The van der Waals surface area contributed by atoms with Gasteiger partial charge in [0.1, 0.15) is 5.84 Å². The highest BCUT2D eigenvalue weighted by atomic mass is 32.1. The molecule has 0 radical (unpaired) electrons. The molecule has 0 aromatic rings. The van der Waals surface area contributed by atoms with Gasteiger partial charge < -0.3 is 10.6 Å². The van der Waals surface area contributed by atoms with Crippen LogP contribution in [0.25, 0.3) is 0 Å². The zero-order valence-electron chi connectivity index (χ0n) is 6.59. The normalized spacial score (nSPS) is 11.3. The molecule has 0 fully saturated rings. The van der Waals surface area contributed by atoms with Gasteiger partial charge in [-0.05, 0) is 26.1 Å². The average Bonchev–Trinajstić information content (AvgIpc) is 1.85. The summed E-state index contributed by atoms with van der Waals surface area (Å²) in [5.41, 5.74) is 5.20. The largest absolute Gasteiger partial charge is 0.374 e. The van der Waals surface area contributed by atoms with Crippen molar-refractivity contribution in [2.24, 2.45) is 10.7 Å². The maximum absolute atomic E-state index is 5.20. The zero-order chi connectivity index (χ0) is 8.15. The van der Waals surface area contributed by atoms with Gasteiger partial charge in [0.15, 0.2) is 5.11 Å². The number of amidine groups is 1. The van der Waals surface area contributed by atoms with E-state index in [1.165, 1.54) is 0 Å². The zero-order valence-corrected chi connectivity index (χ0v) is 7.40. The van der Waals surface area contributed by atoms with Gasteiger partial charge in [-0.1, -0.05) is 0 Å². The summed E-state index contributed by atoms with van der Waals surface area (Å²) in [6.45, 7) is 4.83. The molecule has 0 saturated carbocycles. The van der Waals surface area contributed by atoms with Crippen LogP contribution in [-0.2, 0) is 0 Å². The summed E-state index contributed by atoms with van der Waals surface area (Å²) in [7, 11) is 1.94. The van der Waals surface area contributed by atoms with E-state index in [0.717, 1.165) is 12.4 Å². The van der Waals surface area contributed by atoms with Gasteiger partial charge in [0.25, 0.3) is 0 Å². The number of hydrogen-bond acceptors (Lipinski definition) is 1. The van der Waals surface area contributed by atoms with Crippen molar-refractivity contribution in [3.8, 4) is 0 Å². The molecule has 0 unspecified atom stereocenters. The molecule has 0 aliphatic heterocycles. The Labute approximate surface area is 66.9 Å². The number of thiocarbonyl (C=S) groups is 1. The highest BCUT2D eigenvalue weighted by Crippen LogP contribution is 1.85. The monoisotopic (exact) mass is 159 g/mol. The summed E-state index contributed by atoms with van der Waals surface area (Å²) in [6, 6.07) is 0. The van der Waals surface area contributed by atoms with Crippen molar-refractivity contribution in [2.45, 2.75) is 13.8 Å². The third-order valence-corrected chi connectivity index (χ3v) is 1.39. The first kappa shape index (κ1) is 9.36. The Hall–Kier alpha value is -0.640. The Morgan fingerprint density at radius 2 is 2.20 bits per heavy atom. The Morgan fingerprint density at radius 1 is 1.70 bits per heavy atom. The Morgan fingerprint density at radius 3 is 2.50 bits per heavy atom. The molecule has 0 atom stereocenters. The number of rotatable bonds is 1. The van der Waals surface area contributed by atoms with E-state index in [-0.39, 0.29) is 5.11 Å². The minimum atomic E-state index is 0.192. The van der Waals surface area contributed by atoms with Crippen LogP contribution in [0, 0.1) is 0 Å². The minimum absolute atomic E-state index is 0.192. The van der Waals surface area contributed by atoms with E-state index in [1.54, 1.807) is 0 Å². The number of nitrogens with zero attached hydrogens (tertiary/aromatic N) is 2. The molecule has 0 heterocycles. The van der Waals surface area contributed by atoms with Crippen molar-refractivity contribution in [2.75, 3.05) is 13.6 Å². The van der Waals surface area contributed by atoms with Gasteiger partial charge in [0.2, 0.25) is 0 Å². The molecule has 58 valence electrons. The summed E-state index contributed by atoms with van der Waals surface area (Å²) in [5.74, 6) is 0.856. The Kier molecular flexibility index (Phi) is 3.95. The molecule has 0 aromatic heterocycles. The van der Waals surface area contributed by atoms with E-state index in [4.69, 9.17) is 5.73 Å². The molecule has 2 N–H and O–H groups in total. The van der Waals surface area contributed by atoms with Crippen LogP contribution in [0.1, 0.15) is 13.8 Å². The molecule has 0 spiro atoms. The van der Waals surface area contributed by atoms with Crippen LogP contribution in [0.4, 0.5) is 0 Å². The van der Waals surface area contributed by atoms with Crippen molar-refractivity contribution in [3.63, 3.8) is 0 Å². The molecule has 0 aromatic carbocycles. The number of hydrogen-bond donors (Lipinski definition) is 1. The standard InChI is InChI=1S/C6H13N3S/c1-4-9(3)5(2)8-6(7)10/h4H2,1-3H3,(H2,7,10). The number of nitrogens with two attached hydrogens (primary N) is 1. The predicted octanol–water partition coefficient (Wildman–Crippen LogP) is 0.600. The van der Waals surface area contributed by atoms with Crippen LogP contribution in [-0.4, -0.2) is 29.4 Å². The van der Waals surface area contributed by atoms with Gasteiger partial charge in [-0.2, -0.15) is 0 Å². The van der Waals surface area contributed by atoms with Crippen LogP contribution in [0.15, 0.2) is 4.99 Å². The van der Waals surface area contributed by atoms with E-state index >= 15 is 0 Å². The Balaban J connectivity index is 4.04. The van der Waals surface area contributed by atoms with Crippen LogP contribution < -0.4 is 5.73 Å². The van der Waals surface area contributed by atoms with Crippen molar-refractivity contribution < 1.29 is 0 Å². The molecule has 0 bridgehead atoms. The van der Waals surface area contributed by atoms with E-state index in [0.29, 0.717) is 0 Å². The topological polar surface area (TPSA) is 41.6 Å². The highest BCUT2D eigenvalue weighted by molar-refractivity contribution is 7.80. The third kappa shape index (κ3) is 3.40. The fourth-order valence-corrected chi connectivity index (χ4v) is 0.606. The molecule has 0 amide bonds. The lowest BCUT2D eigenvalue weighted by atomic mass is 10.5. The van der Waals surface area contributed by atoms with E-state index < -0.39 is 0 Å². The van der Waals surface area contributed by atoms with E-state index in [1.807, 2.05) is 25.8 Å². The molecule has 10 heavy (non-hydrogen) atoms. The summed E-state index contributed by atoms with van der Waals surface area (Å²) >= 11 is 4.60. The SMILES string of the molecule is CCN(C)C(C)=NC(N)=S. The fraction of sp³-hybridized carbons (Fsp3) is 0.667. The lowest BCUT2D eigenvalue weighted by molar-refractivity contribution is 0.533. The maximum Gasteiger partial charge on any atom is 0.191 e. The van der Waals surface area contributed by atoms with Crippen LogP contribution in [0.3, 0.4) is 0 Å². The fourth-order valence-electron chi connectivity index (χ4n) is 0.474.